The third kappa shape index (κ3) is 3.09. The van der Waals surface area contributed by atoms with Crippen LogP contribution in [0.15, 0.2) is 0 Å². The van der Waals surface area contributed by atoms with Gasteiger partial charge in [0.2, 0.25) is 14.8 Å². The van der Waals surface area contributed by atoms with Gasteiger partial charge in [-0.15, -0.1) is 0 Å². The van der Waals surface area contributed by atoms with Gasteiger partial charge in [0.15, 0.2) is 0 Å². The number of hydrogen-bond donors (Lipinski definition) is 1. The molecule has 16 heavy (non-hydrogen) atoms. The summed E-state index contributed by atoms with van der Waals surface area (Å²) in [7, 11) is -3.22. The molecule has 0 fully saturated rings. The van der Waals surface area contributed by atoms with Gasteiger partial charge in [-0.25, -0.2) is 17.4 Å². The Morgan fingerprint density at radius 2 is 2.06 bits per heavy atom. The van der Waals surface area contributed by atoms with Crippen molar-refractivity contribution in [1.29, 1.82) is 0 Å². The van der Waals surface area contributed by atoms with E-state index in [0.29, 0.717) is 13.1 Å². The maximum Gasteiger partial charge on any atom is 0.238 e. The average molecular weight is 265 g/mol. The molecule has 7 nitrogen and oxygen atoms in total. The van der Waals surface area contributed by atoms with Crippen molar-refractivity contribution in [3.63, 3.8) is 0 Å². The van der Waals surface area contributed by atoms with Crippen LogP contribution in [0.5, 0.6) is 0 Å². The zero-order chi connectivity index (χ0) is 12.2. The number of aromatic nitrogens is 4. The summed E-state index contributed by atoms with van der Waals surface area (Å²) in [6.07, 6.45) is 0. The summed E-state index contributed by atoms with van der Waals surface area (Å²) >= 11 is 4.85. The van der Waals surface area contributed by atoms with Crippen LogP contribution in [-0.4, -0.2) is 51.8 Å². The van der Waals surface area contributed by atoms with Crippen molar-refractivity contribution >= 4 is 22.2 Å². The van der Waals surface area contributed by atoms with E-state index in [1.54, 1.807) is 0 Å². The lowest BCUT2D eigenvalue weighted by Crippen LogP contribution is -2.34. The predicted octanol–water partition coefficient (Wildman–Crippen LogP) is 0.00729. The largest absolute Gasteiger partial charge is 0.241 e. The van der Waals surface area contributed by atoms with Crippen LogP contribution in [-0.2, 0) is 16.6 Å². The quantitative estimate of drug-likeness (QED) is 0.732. The molecule has 0 amide bonds. The highest BCUT2D eigenvalue weighted by Crippen LogP contribution is 2.01. The van der Waals surface area contributed by atoms with E-state index in [-0.39, 0.29) is 17.1 Å². The molecule has 1 aromatic heterocycles. The Kier molecular flexibility index (Phi) is 4.56. The van der Waals surface area contributed by atoms with Crippen LogP contribution in [0.2, 0.25) is 0 Å². The molecule has 92 valence electrons. The van der Waals surface area contributed by atoms with Crippen molar-refractivity contribution in [2.24, 2.45) is 0 Å². The van der Waals surface area contributed by atoms with Crippen LogP contribution in [0.3, 0.4) is 0 Å². The highest BCUT2D eigenvalue weighted by molar-refractivity contribution is 7.89. The first-order chi connectivity index (χ1) is 7.51. The molecule has 1 aromatic rings. The molecule has 1 N–H and O–H groups in total. The van der Waals surface area contributed by atoms with Crippen molar-refractivity contribution in [2.75, 3.05) is 18.8 Å². The molecule has 0 unspecified atom stereocenters. The van der Waals surface area contributed by atoms with E-state index in [9.17, 15) is 8.42 Å². The third-order valence-corrected chi connectivity index (χ3v) is 4.51. The zero-order valence-electron chi connectivity index (χ0n) is 9.25. The number of aryl methyl sites for hydroxylation is 1. The Bertz CT molecular complexity index is 473. The van der Waals surface area contributed by atoms with Crippen molar-refractivity contribution in [2.45, 2.75) is 20.4 Å². The van der Waals surface area contributed by atoms with E-state index < -0.39 is 10.0 Å². The van der Waals surface area contributed by atoms with Crippen LogP contribution in [0.4, 0.5) is 0 Å². The summed E-state index contributed by atoms with van der Waals surface area (Å²) in [4.78, 5) is 0. The Morgan fingerprint density at radius 1 is 1.44 bits per heavy atom. The minimum absolute atomic E-state index is 0.00708. The molecule has 0 aliphatic rings. The Balaban J connectivity index is 2.68. The number of nitrogens with one attached hydrogen (secondary N) is 1. The van der Waals surface area contributed by atoms with Gasteiger partial charge in [0.1, 0.15) is 0 Å². The number of rotatable bonds is 6. The molecule has 0 aliphatic heterocycles. The van der Waals surface area contributed by atoms with E-state index in [2.05, 4.69) is 15.5 Å². The van der Waals surface area contributed by atoms with Gasteiger partial charge in [-0.05, 0) is 12.2 Å². The van der Waals surface area contributed by atoms with Gasteiger partial charge < -0.3 is 0 Å². The number of nitrogens with zero attached hydrogens (tertiary/aromatic N) is 4. The second-order valence-electron chi connectivity index (χ2n) is 3.13. The normalized spacial score (nSPS) is 12.2. The second-order valence-corrected chi connectivity index (χ2v) is 5.59. The second kappa shape index (κ2) is 5.51. The van der Waals surface area contributed by atoms with E-state index in [1.807, 2.05) is 13.8 Å². The molecular formula is C7H15N5O2S2. The fourth-order valence-corrected chi connectivity index (χ4v) is 2.95. The SMILES string of the molecule is CCN(CC)S(=O)(=O)CCn1[nH]nnc1=S. The summed E-state index contributed by atoms with van der Waals surface area (Å²) in [6.45, 7) is 4.82. The van der Waals surface area contributed by atoms with Gasteiger partial charge >= 0.3 is 0 Å². The van der Waals surface area contributed by atoms with Crippen LogP contribution >= 0.6 is 12.2 Å². The van der Waals surface area contributed by atoms with Crippen molar-refractivity contribution in [3.8, 4) is 0 Å². The van der Waals surface area contributed by atoms with E-state index in [4.69, 9.17) is 12.2 Å². The standard InChI is InChI=1S/C7H15N5O2S2/c1-3-11(4-2)16(13,14)6-5-12-7(15)8-9-10-12/h3-6H2,1-2H3,(H,8,10,15). The monoisotopic (exact) mass is 265 g/mol. The molecule has 0 radical (unpaired) electrons. The molecule has 0 saturated heterocycles. The summed E-state index contributed by atoms with van der Waals surface area (Å²) < 4.78 is 26.7. The number of H-pyrrole nitrogens is 1. The molecule has 0 saturated carbocycles. The van der Waals surface area contributed by atoms with Gasteiger partial charge in [0, 0.05) is 13.1 Å². The van der Waals surface area contributed by atoms with Crippen LogP contribution in [0.25, 0.3) is 0 Å². The van der Waals surface area contributed by atoms with Crippen molar-refractivity contribution in [3.05, 3.63) is 4.77 Å². The minimum atomic E-state index is -3.22. The maximum atomic E-state index is 11.8. The zero-order valence-corrected chi connectivity index (χ0v) is 10.9. The summed E-state index contributed by atoms with van der Waals surface area (Å²) in [5.74, 6) is -0.00708. The Labute approximate surface area is 99.5 Å². The van der Waals surface area contributed by atoms with Crippen LogP contribution in [0, 0.1) is 4.77 Å². The molecule has 9 heteroatoms. The number of tetrazole rings is 1. The summed E-state index contributed by atoms with van der Waals surface area (Å²) in [5, 5.41) is 9.57. The van der Waals surface area contributed by atoms with Crippen LogP contribution < -0.4 is 0 Å². The number of aromatic amines is 1. The molecule has 1 heterocycles. The van der Waals surface area contributed by atoms with Crippen molar-refractivity contribution in [1.82, 2.24) is 24.5 Å². The maximum absolute atomic E-state index is 11.8. The summed E-state index contributed by atoms with van der Waals surface area (Å²) in [5.41, 5.74) is 0. The Morgan fingerprint density at radius 3 is 2.50 bits per heavy atom. The number of hydrogen-bond acceptors (Lipinski definition) is 5. The first-order valence-corrected chi connectivity index (χ1v) is 6.98. The fourth-order valence-electron chi connectivity index (χ4n) is 1.31. The van der Waals surface area contributed by atoms with Gasteiger partial charge in [-0.3, -0.25) is 0 Å². The number of sulfonamides is 1. The first-order valence-electron chi connectivity index (χ1n) is 4.97. The smallest absolute Gasteiger partial charge is 0.238 e. The summed E-state index contributed by atoms with van der Waals surface area (Å²) in [6, 6.07) is 0. The van der Waals surface area contributed by atoms with Gasteiger partial charge in [-0.2, -0.15) is 5.21 Å². The Hall–Kier alpha value is -0.800. The molecular weight excluding hydrogens is 250 g/mol. The first kappa shape index (κ1) is 13.3. The lowest BCUT2D eigenvalue weighted by molar-refractivity contribution is 0.440. The highest BCUT2D eigenvalue weighted by Gasteiger charge is 2.18. The molecule has 0 aliphatic carbocycles. The fraction of sp³-hybridized carbons (Fsp3) is 0.857. The minimum Gasteiger partial charge on any atom is -0.241 e. The average Bonchev–Trinajstić information content (AvgIpc) is 2.62. The predicted molar refractivity (Wildman–Crippen MR) is 61.9 cm³/mol. The lowest BCUT2D eigenvalue weighted by atomic mass is 10.7. The lowest BCUT2D eigenvalue weighted by Gasteiger charge is -2.17. The third-order valence-electron chi connectivity index (χ3n) is 2.20. The van der Waals surface area contributed by atoms with Gasteiger partial charge in [0.05, 0.1) is 12.3 Å². The molecule has 0 atom stereocenters. The molecule has 0 spiro atoms. The van der Waals surface area contributed by atoms with E-state index in [1.165, 1.54) is 8.99 Å². The molecule has 1 rings (SSSR count). The molecule has 0 bridgehead atoms. The van der Waals surface area contributed by atoms with Crippen LogP contribution in [0.1, 0.15) is 13.8 Å². The molecule has 0 aromatic carbocycles. The van der Waals surface area contributed by atoms with E-state index >= 15 is 0 Å². The van der Waals surface area contributed by atoms with Crippen molar-refractivity contribution < 1.29 is 8.42 Å². The van der Waals surface area contributed by atoms with Gasteiger partial charge in [-0.1, -0.05) is 24.2 Å². The topological polar surface area (TPSA) is 83.9 Å². The van der Waals surface area contributed by atoms with E-state index in [0.717, 1.165) is 0 Å². The van der Waals surface area contributed by atoms with Gasteiger partial charge in [0.25, 0.3) is 0 Å². The highest BCUT2D eigenvalue weighted by atomic mass is 32.2.